The monoisotopic (exact) mass is 479 g/mol. The number of rotatable bonds is 4. The predicted octanol–water partition coefficient (Wildman–Crippen LogP) is 5.18. The van der Waals surface area contributed by atoms with Gasteiger partial charge in [-0.2, -0.15) is 0 Å². The molecule has 0 saturated heterocycles. The number of nitrogens with zero attached hydrogens (tertiary/aromatic N) is 1. The van der Waals surface area contributed by atoms with Crippen molar-refractivity contribution in [1.29, 1.82) is 0 Å². The average Bonchev–Trinajstić information content (AvgIpc) is 3.12. The van der Waals surface area contributed by atoms with Crippen LogP contribution in [-0.2, 0) is 21.4 Å². The van der Waals surface area contributed by atoms with Gasteiger partial charge >= 0.3 is 6.29 Å². The van der Waals surface area contributed by atoms with E-state index < -0.39 is 11.7 Å². The number of anilines is 2. The summed E-state index contributed by atoms with van der Waals surface area (Å²) < 4.78 is 35.7. The van der Waals surface area contributed by atoms with Crippen molar-refractivity contribution in [3.63, 3.8) is 0 Å². The fraction of sp³-hybridized carbons (Fsp3) is 0.269. The molecule has 2 aromatic carbocycles. The minimum atomic E-state index is -3.73. The number of ether oxygens (including phenoxy) is 2. The molecule has 0 saturated carbocycles. The minimum Gasteiger partial charge on any atom is -0.395 e. The highest BCUT2D eigenvalue weighted by Gasteiger charge is 2.44. The van der Waals surface area contributed by atoms with Gasteiger partial charge in [0.2, 0.25) is 11.8 Å². The molecule has 0 atom stereocenters. The Bertz CT molecular complexity index is 1370. The molecule has 1 aromatic heterocycles. The molecule has 9 heteroatoms. The van der Waals surface area contributed by atoms with E-state index in [0.29, 0.717) is 29.9 Å². The van der Waals surface area contributed by atoms with Crippen LogP contribution in [-0.4, -0.2) is 23.1 Å². The molecule has 0 aliphatic carbocycles. The molecular weight excluding hydrogens is 456 g/mol. The molecule has 0 radical (unpaired) electrons. The normalized spacial score (nSPS) is 15.9. The van der Waals surface area contributed by atoms with E-state index in [1.54, 1.807) is 26.0 Å². The number of aryl methyl sites for hydroxylation is 2. The van der Waals surface area contributed by atoms with Crippen LogP contribution in [0, 0.1) is 6.92 Å². The van der Waals surface area contributed by atoms with Gasteiger partial charge in [0.1, 0.15) is 5.82 Å². The fourth-order valence-corrected chi connectivity index (χ4v) is 4.15. The van der Waals surface area contributed by atoms with Crippen LogP contribution >= 0.6 is 0 Å². The zero-order chi connectivity index (χ0) is 25.0. The second-order valence-electron chi connectivity index (χ2n) is 9.19. The fourth-order valence-electron chi connectivity index (χ4n) is 4.15. The standard InChI is InChI=1S/C26H23F2N3O4/c1-14-4-10-21(30-23(14)16-6-5-15-7-11-22(32)29-18(15)12-16)31-24(33)25(2,3)17-8-9-19-20(13-17)35-26(27,28)34-19/h4-6,8-10,12-13H,7,11H2,1-3H3,(H,29,32)(H,30,31,33). The van der Waals surface area contributed by atoms with E-state index in [1.165, 1.54) is 12.1 Å². The Morgan fingerprint density at radius 1 is 1.06 bits per heavy atom. The van der Waals surface area contributed by atoms with Gasteiger partial charge in [-0.15, -0.1) is 8.78 Å². The Kier molecular flexibility index (Phi) is 5.23. The molecule has 3 aromatic rings. The van der Waals surface area contributed by atoms with E-state index in [0.717, 1.165) is 22.4 Å². The third-order valence-corrected chi connectivity index (χ3v) is 6.31. The summed E-state index contributed by atoms with van der Waals surface area (Å²) in [6.45, 7) is 5.27. The molecule has 7 nitrogen and oxygen atoms in total. The zero-order valence-corrected chi connectivity index (χ0v) is 19.4. The van der Waals surface area contributed by atoms with Gasteiger partial charge in [-0.3, -0.25) is 9.59 Å². The van der Waals surface area contributed by atoms with Crippen molar-refractivity contribution in [3.05, 3.63) is 65.2 Å². The van der Waals surface area contributed by atoms with Gasteiger partial charge in [-0.1, -0.05) is 24.3 Å². The number of pyridine rings is 1. The topological polar surface area (TPSA) is 89.6 Å². The molecule has 0 spiro atoms. The summed E-state index contributed by atoms with van der Waals surface area (Å²) in [6, 6.07) is 13.7. The number of aromatic nitrogens is 1. The molecule has 180 valence electrons. The quantitative estimate of drug-likeness (QED) is 0.538. The number of hydrogen-bond donors (Lipinski definition) is 2. The Labute approximate surface area is 200 Å². The number of benzene rings is 2. The van der Waals surface area contributed by atoms with Gasteiger partial charge in [-0.05, 0) is 68.1 Å². The minimum absolute atomic E-state index is 0.0187. The first-order chi connectivity index (χ1) is 16.5. The lowest BCUT2D eigenvalue weighted by molar-refractivity contribution is -0.286. The number of carbonyl (C=O) groups excluding carboxylic acids is 2. The van der Waals surface area contributed by atoms with Gasteiger partial charge in [0, 0.05) is 17.7 Å². The van der Waals surface area contributed by atoms with Gasteiger partial charge < -0.3 is 20.1 Å². The smallest absolute Gasteiger partial charge is 0.395 e. The van der Waals surface area contributed by atoms with Crippen LogP contribution in [0.3, 0.4) is 0 Å². The Hall–Kier alpha value is -4.01. The first kappa shape index (κ1) is 22.8. The number of nitrogens with one attached hydrogen (secondary N) is 2. The van der Waals surface area contributed by atoms with Crippen LogP contribution in [0.1, 0.15) is 37.0 Å². The van der Waals surface area contributed by atoms with E-state index in [4.69, 9.17) is 0 Å². The summed E-state index contributed by atoms with van der Waals surface area (Å²) in [7, 11) is 0. The maximum atomic E-state index is 13.4. The van der Waals surface area contributed by atoms with E-state index in [2.05, 4.69) is 25.1 Å². The van der Waals surface area contributed by atoms with Crippen molar-refractivity contribution in [2.45, 2.75) is 45.3 Å². The van der Waals surface area contributed by atoms with E-state index in [9.17, 15) is 18.4 Å². The Morgan fingerprint density at radius 3 is 2.63 bits per heavy atom. The largest absolute Gasteiger partial charge is 0.586 e. The number of amides is 2. The van der Waals surface area contributed by atoms with E-state index in [1.807, 2.05) is 31.2 Å². The second-order valence-corrected chi connectivity index (χ2v) is 9.19. The van der Waals surface area contributed by atoms with Crippen molar-refractivity contribution >= 4 is 23.3 Å². The third kappa shape index (κ3) is 4.29. The summed E-state index contributed by atoms with van der Waals surface area (Å²) in [4.78, 5) is 29.6. The lowest BCUT2D eigenvalue weighted by Crippen LogP contribution is -2.35. The highest BCUT2D eigenvalue weighted by molar-refractivity contribution is 5.98. The summed E-state index contributed by atoms with van der Waals surface area (Å²) in [5, 5.41) is 5.73. The summed E-state index contributed by atoms with van der Waals surface area (Å²) in [5.74, 6) is -0.250. The lowest BCUT2D eigenvalue weighted by Gasteiger charge is -2.24. The molecule has 2 N–H and O–H groups in total. The number of alkyl halides is 2. The zero-order valence-electron chi connectivity index (χ0n) is 19.4. The van der Waals surface area contributed by atoms with Crippen molar-refractivity contribution in [1.82, 2.24) is 4.98 Å². The third-order valence-electron chi connectivity index (χ3n) is 6.31. The molecule has 0 fully saturated rings. The van der Waals surface area contributed by atoms with Gasteiger partial charge in [0.05, 0.1) is 11.1 Å². The number of hydrogen-bond acceptors (Lipinski definition) is 5. The predicted molar refractivity (Wildman–Crippen MR) is 126 cm³/mol. The summed E-state index contributed by atoms with van der Waals surface area (Å²) >= 11 is 0. The summed E-state index contributed by atoms with van der Waals surface area (Å²) in [6.07, 6.45) is -2.57. The number of carbonyl (C=O) groups is 2. The molecule has 0 unspecified atom stereocenters. The lowest BCUT2D eigenvalue weighted by atomic mass is 9.83. The van der Waals surface area contributed by atoms with Crippen LogP contribution in [0.25, 0.3) is 11.3 Å². The van der Waals surface area contributed by atoms with Gasteiger partial charge in [-0.25, -0.2) is 4.98 Å². The first-order valence-electron chi connectivity index (χ1n) is 11.1. The van der Waals surface area contributed by atoms with E-state index >= 15 is 0 Å². The van der Waals surface area contributed by atoms with Crippen molar-refractivity contribution in [3.8, 4) is 22.8 Å². The van der Waals surface area contributed by atoms with Gasteiger partial charge in [0.25, 0.3) is 0 Å². The van der Waals surface area contributed by atoms with Crippen LogP contribution in [0.4, 0.5) is 20.3 Å². The Balaban J connectivity index is 1.39. The number of fused-ring (bicyclic) bond motifs is 2. The maximum absolute atomic E-state index is 13.4. The Morgan fingerprint density at radius 2 is 1.83 bits per heavy atom. The van der Waals surface area contributed by atoms with Crippen LogP contribution in [0.5, 0.6) is 11.5 Å². The highest BCUT2D eigenvalue weighted by atomic mass is 19.3. The van der Waals surface area contributed by atoms with Gasteiger partial charge in [0.15, 0.2) is 11.5 Å². The van der Waals surface area contributed by atoms with Crippen molar-refractivity contribution < 1.29 is 27.8 Å². The second kappa shape index (κ2) is 8.04. The molecule has 3 heterocycles. The molecule has 2 amide bonds. The van der Waals surface area contributed by atoms with E-state index in [-0.39, 0.29) is 23.3 Å². The molecule has 2 aliphatic rings. The maximum Gasteiger partial charge on any atom is 0.586 e. The van der Waals surface area contributed by atoms with Crippen LogP contribution in [0.2, 0.25) is 0 Å². The molecule has 2 aliphatic heterocycles. The van der Waals surface area contributed by atoms with Crippen LogP contribution < -0.4 is 20.1 Å². The first-order valence-corrected chi connectivity index (χ1v) is 11.1. The molecule has 5 rings (SSSR count). The summed E-state index contributed by atoms with van der Waals surface area (Å²) in [5.41, 5.74) is 3.62. The molecular formula is C26H23F2N3O4. The average molecular weight is 479 g/mol. The van der Waals surface area contributed by atoms with Crippen LogP contribution in [0.15, 0.2) is 48.5 Å². The van der Waals surface area contributed by atoms with Crippen molar-refractivity contribution in [2.75, 3.05) is 10.6 Å². The SMILES string of the molecule is Cc1ccc(NC(=O)C(C)(C)c2ccc3c(c2)OC(F)(F)O3)nc1-c1ccc2c(c1)NC(=O)CC2. The molecule has 0 bridgehead atoms. The molecule has 35 heavy (non-hydrogen) atoms. The number of halogens is 2. The van der Waals surface area contributed by atoms with Crippen molar-refractivity contribution in [2.24, 2.45) is 0 Å². The highest BCUT2D eigenvalue weighted by Crippen LogP contribution is 2.43.